The van der Waals surface area contributed by atoms with Gasteiger partial charge in [0.05, 0.1) is 6.42 Å². The van der Waals surface area contributed by atoms with Gasteiger partial charge in [0.25, 0.3) is 0 Å². The van der Waals surface area contributed by atoms with E-state index in [-0.39, 0.29) is 11.4 Å². The normalized spacial score (nSPS) is 11.4. The lowest BCUT2D eigenvalue weighted by atomic mass is 10.0. The molecule has 0 saturated carbocycles. The lowest BCUT2D eigenvalue weighted by molar-refractivity contribution is -0.122. The summed E-state index contributed by atoms with van der Waals surface area (Å²) >= 11 is 5.01. The smallest absolute Gasteiger partial charge is 0.225 e. The van der Waals surface area contributed by atoms with Crippen LogP contribution < -0.4 is 5.32 Å². The van der Waals surface area contributed by atoms with Crippen molar-refractivity contribution in [1.82, 2.24) is 5.32 Å². The van der Waals surface area contributed by atoms with Gasteiger partial charge in [-0.25, -0.2) is 0 Å². The molecule has 0 fully saturated rings. The van der Waals surface area contributed by atoms with Crippen LogP contribution in [-0.2, 0) is 11.2 Å². The fourth-order valence-corrected chi connectivity index (χ4v) is 2.99. The highest BCUT2D eigenvalue weighted by Gasteiger charge is 2.19. The number of hydrogen-bond donors (Lipinski definition) is 1. The summed E-state index contributed by atoms with van der Waals surface area (Å²) in [6.45, 7) is 4.08. The number of halogens is 1. The zero-order valence-electron chi connectivity index (χ0n) is 9.05. The first-order valence-electron chi connectivity index (χ1n) is 4.93. The van der Waals surface area contributed by atoms with Crippen LogP contribution in [0.5, 0.6) is 0 Å². The number of amides is 1. The van der Waals surface area contributed by atoms with Crippen molar-refractivity contribution in [2.24, 2.45) is 0 Å². The summed E-state index contributed by atoms with van der Waals surface area (Å²) in [5.74, 6) is 0.100. The van der Waals surface area contributed by atoms with E-state index in [0.717, 1.165) is 16.6 Å². The van der Waals surface area contributed by atoms with Gasteiger partial charge in [-0.1, -0.05) is 22.0 Å². The predicted octanol–water partition coefficient (Wildman–Crippen LogP) is 2.97. The average molecular weight is 290 g/mol. The predicted molar refractivity (Wildman–Crippen MR) is 68.7 cm³/mol. The van der Waals surface area contributed by atoms with Crippen LogP contribution in [-0.4, -0.2) is 16.8 Å². The van der Waals surface area contributed by atoms with Crippen LogP contribution in [0.25, 0.3) is 0 Å². The van der Waals surface area contributed by atoms with Crippen LogP contribution in [0.4, 0.5) is 0 Å². The fourth-order valence-electron chi connectivity index (χ4n) is 1.29. The van der Waals surface area contributed by atoms with Gasteiger partial charge < -0.3 is 5.32 Å². The maximum atomic E-state index is 11.7. The minimum Gasteiger partial charge on any atom is -0.351 e. The highest BCUT2D eigenvalue weighted by molar-refractivity contribution is 9.09. The standard InChI is InChI=1S/C11H16BrNOS/c1-11(2,5-6-12)13-10(14)8-9-4-3-7-15-9/h3-4,7H,5-6,8H2,1-2H3,(H,13,14). The Morgan fingerprint density at radius 1 is 1.60 bits per heavy atom. The molecule has 0 radical (unpaired) electrons. The average Bonchev–Trinajstić information content (AvgIpc) is 2.54. The monoisotopic (exact) mass is 289 g/mol. The Morgan fingerprint density at radius 2 is 2.33 bits per heavy atom. The molecule has 0 saturated heterocycles. The van der Waals surface area contributed by atoms with Crippen LogP contribution in [0, 0.1) is 0 Å². The second-order valence-corrected chi connectivity index (χ2v) is 5.95. The van der Waals surface area contributed by atoms with Gasteiger partial charge >= 0.3 is 0 Å². The molecule has 84 valence electrons. The molecule has 1 aromatic rings. The van der Waals surface area contributed by atoms with Crippen molar-refractivity contribution in [2.45, 2.75) is 32.2 Å². The molecule has 0 bridgehead atoms. The molecule has 0 aliphatic rings. The summed E-state index contributed by atoms with van der Waals surface area (Å²) in [6, 6.07) is 3.96. The number of carbonyl (C=O) groups is 1. The van der Waals surface area contributed by atoms with Crippen molar-refractivity contribution in [1.29, 1.82) is 0 Å². The molecule has 1 amide bonds. The Kier molecular flexibility index (Phi) is 4.80. The molecular weight excluding hydrogens is 274 g/mol. The number of thiophene rings is 1. The third-order valence-electron chi connectivity index (χ3n) is 2.11. The summed E-state index contributed by atoms with van der Waals surface area (Å²) in [4.78, 5) is 12.8. The van der Waals surface area contributed by atoms with Crippen LogP contribution in [0.2, 0.25) is 0 Å². The molecular formula is C11H16BrNOS. The summed E-state index contributed by atoms with van der Waals surface area (Å²) in [6.07, 6.45) is 1.42. The van der Waals surface area contributed by atoms with Gasteiger partial charge in [0.1, 0.15) is 0 Å². The van der Waals surface area contributed by atoms with E-state index in [1.54, 1.807) is 11.3 Å². The van der Waals surface area contributed by atoms with Crippen LogP contribution in [0.15, 0.2) is 17.5 Å². The maximum Gasteiger partial charge on any atom is 0.225 e. The summed E-state index contributed by atoms with van der Waals surface area (Å²) < 4.78 is 0. The molecule has 0 aromatic carbocycles. The van der Waals surface area contributed by atoms with Crippen molar-refractivity contribution in [3.05, 3.63) is 22.4 Å². The van der Waals surface area contributed by atoms with Crippen LogP contribution in [0.3, 0.4) is 0 Å². The molecule has 1 aromatic heterocycles. The molecule has 0 aliphatic carbocycles. The van der Waals surface area contributed by atoms with Gasteiger partial charge in [0, 0.05) is 15.7 Å². The topological polar surface area (TPSA) is 29.1 Å². The zero-order chi connectivity index (χ0) is 11.3. The minimum absolute atomic E-state index is 0.100. The fraction of sp³-hybridized carbons (Fsp3) is 0.545. The Labute approximate surface area is 103 Å². The van der Waals surface area contributed by atoms with E-state index in [4.69, 9.17) is 0 Å². The Balaban J connectivity index is 2.42. The van der Waals surface area contributed by atoms with E-state index in [1.807, 2.05) is 31.4 Å². The number of nitrogens with one attached hydrogen (secondary N) is 1. The lowest BCUT2D eigenvalue weighted by Gasteiger charge is -2.25. The van der Waals surface area contributed by atoms with Gasteiger partial charge in [-0.05, 0) is 31.7 Å². The molecule has 1 rings (SSSR count). The molecule has 1 N–H and O–H groups in total. The highest BCUT2D eigenvalue weighted by atomic mass is 79.9. The molecule has 1 heterocycles. The Hall–Kier alpha value is -0.350. The first-order chi connectivity index (χ1) is 7.03. The van der Waals surface area contributed by atoms with Crippen molar-refractivity contribution in [3.63, 3.8) is 0 Å². The summed E-state index contributed by atoms with van der Waals surface area (Å²) in [5.41, 5.74) is -0.127. The van der Waals surface area contributed by atoms with E-state index in [0.29, 0.717) is 6.42 Å². The quantitative estimate of drug-likeness (QED) is 0.830. The van der Waals surface area contributed by atoms with Gasteiger partial charge in [0.2, 0.25) is 5.91 Å². The van der Waals surface area contributed by atoms with Gasteiger partial charge in [-0.3, -0.25) is 4.79 Å². The van der Waals surface area contributed by atoms with E-state index in [9.17, 15) is 4.79 Å². The largest absolute Gasteiger partial charge is 0.351 e. The second-order valence-electron chi connectivity index (χ2n) is 4.13. The molecule has 2 nitrogen and oxygen atoms in total. The van der Waals surface area contributed by atoms with Gasteiger partial charge in [-0.15, -0.1) is 11.3 Å². The minimum atomic E-state index is -0.127. The lowest BCUT2D eigenvalue weighted by Crippen LogP contribution is -2.44. The SMILES string of the molecule is CC(C)(CCBr)NC(=O)Cc1cccs1. The third kappa shape index (κ3) is 4.80. The Bertz CT molecular complexity index is 308. The zero-order valence-corrected chi connectivity index (χ0v) is 11.5. The van der Waals surface area contributed by atoms with Crippen molar-refractivity contribution in [3.8, 4) is 0 Å². The van der Waals surface area contributed by atoms with E-state index >= 15 is 0 Å². The maximum absolute atomic E-state index is 11.7. The van der Waals surface area contributed by atoms with Crippen molar-refractivity contribution in [2.75, 3.05) is 5.33 Å². The Morgan fingerprint density at radius 3 is 2.87 bits per heavy atom. The molecule has 0 spiro atoms. The third-order valence-corrected chi connectivity index (χ3v) is 3.39. The summed E-state index contributed by atoms with van der Waals surface area (Å²) in [5, 5.41) is 5.93. The van der Waals surface area contributed by atoms with E-state index in [1.165, 1.54) is 0 Å². The molecule has 4 heteroatoms. The molecule has 15 heavy (non-hydrogen) atoms. The summed E-state index contributed by atoms with van der Waals surface area (Å²) in [7, 11) is 0. The highest BCUT2D eigenvalue weighted by Crippen LogP contribution is 2.12. The van der Waals surface area contributed by atoms with Gasteiger partial charge in [-0.2, -0.15) is 0 Å². The van der Waals surface area contributed by atoms with Crippen molar-refractivity contribution < 1.29 is 4.79 Å². The molecule has 0 unspecified atom stereocenters. The first kappa shape index (κ1) is 12.7. The van der Waals surface area contributed by atoms with Crippen LogP contribution in [0.1, 0.15) is 25.1 Å². The number of rotatable bonds is 5. The van der Waals surface area contributed by atoms with E-state index < -0.39 is 0 Å². The number of carbonyl (C=O) groups excluding carboxylic acids is 1. The van der Waals surface area contributed by atoms with Crippen LogP contribution >= 0.6 is 27.3 Å². The first-order valence-corrected chi connectivity index (χ1v) is 6.93. The van der Waals surface area contributed by atoms with Gasteiger partial charge in [0.15, 0.2) is 0 Å². The molecule has 0 aliphatic heterocycles. The number of alkyl halides is 1. The van der Waals surface area contributed by atoms with E-state index in [2.05, 4.69) is 21.2 Å². The molecule has 0 atom stereocenters. The number of hydrogen-bond acceptors (Lipinski definition) is 2. The second kappa shape index (κ2) is 5.66. The van der Waals surface area contributed by atoms with Crippen molar-refractivity contribution >= 4 is 33.2 Å².